The van der Waals surface area contributed by atoms with E-state index in [-0.39, 0.29) is 18.9 Å². The minimum atomic E-state index is -0.784. The molecule has 124 valence electrons. The Labute approximate surface area is 132 Å². The van der Waals surface area contributed by atoms with Gasteiger partial charge in [0.05, 0.1) is 6.42 Å². The molecular weight excluding hydrogens is 282 g/mol. The van der Waals surface area contributed by atoms with Gasteiger partial charge >= 0.3 is 5.97 Å². The van der Waals surface area contributed by atoms with E-state index in [1.165, 1.54) is 0 Å². The molecule has 5 nitrogen and oxygen atoms in total. The normalized spacial score (nSPS) is 13.9. The second kappa shape index (κ2) is 9.43. The standard InChI is InChI=1S/C17H27NO4/c1-4-13(9-17(20)21)14-5-7-16(8-6-14)22-11-15(19)10-18-12(2)3/h5-8,12-13,15,18-19H,4,9-11H2,1-3H3,(H,20,21). The quantitative estimate of drug-likeness (QED) is 0.618. The van der Waals surface area contributed by atoms with Gasteiger partial charge in [-0.05, 0) is 30.0 Å². The van der Waals surface area contributed by atoms with E-state index in [1.807, 2.05) is 45.0 Å². The molecule has 0 saturated carbocycles. The van der Waals surface area contributed by atoms with Gasteiger partial charge in [-0.3, -0.25) is 4.79 Å². The predicted octanol–water partition coefficient (Wildman–Crippen LogP) is 2.39. The molecule has 0 radical (unpaired) electrons. The average molecular weight is 309 g/mol. The highest BCUT2D eigenvalue weighted by Gasteiger charge is 2.13. The van der Waals surface area contributed by atoms with Crippen LogP contribution in [0.3, 0.4) is 0 Å². The minimum Gasteiger partial charge on any atom is -0.491 e. The number of hydrogen-bond acceptors (Lipinski definition) is 4. The molecular formula is C17H27NO4. The summed E-state index contributed by atoms with van der Waals surface area (Å²) < 4.78 is 5.54. The summed E-state index contributed by atoms with van der Waals surface area (Å²) in [5.74, 6) is -0.0853. The lowest BCUT2D eigenvalue weighted by Gasteiger charge is -2.16. The zero-order valence-electron chi connectivity index (χ0n) is 13.6. The molecule has 0 aliphatic carbocycles. The molecule has 1 aromatic rings. The van der Waals surface area contributed by atoms with Crippen molar-refractivity contribution in [1.29, 1.82) is 0 Å². The van der Waals surface area contributed by atoms with Gasteiger partial charge in [-0.25, -0.2) is 0 Å². The molecule has 0 aromatic heterocycles. The van der Waals surface area contributed by atoms with Crippen LogP contribution in [0.25, 0.3) is 0 Å². The molecule has 22 heavy (non-hydrogen) atoms. The second-order valence-electron chi connectivity index (χ2n) is 5.80. The Morgan fingerprint density at radius 1 is 1.27 bits per heavy atom. The third-order valence-corrected chi connectivity index (χ3v) is 3.47. The third-order valence-electron chi connectivity index (χ3n) is 3.47. The molecule has 0 amide bonds. The van der Waals surface area contributed by atoms with E-state index in [4.69, 9.17) is 9.84 Å². The van der Waals surface area contributed by atoms with Crippen molar-refractivity contribution in [3.8, 4) is 5.75 Å². The Kier molecular flexibility index (Phi) is 7.91. The van der Waals surface area contributed by atoms with E-state index in [0.717, 1.165) is 12.0 Å². The Hall–Kier alpha value is -1.59. The van der Waals surface area contributed by atoms with Gasteiger partial charge in [-0.15, -0.1) is 0 Å². The van der Waals surface area contributed by atoms with Crippen LogP contribution in [0.1, 0.15) is 45.1 Å². The van der Waals surface area contributed by atoms with Crippen LogP contribution in [0.2, 0.25) is 0 Å². The molecule has 1 aromatic carbocycles. The van der Waals surface area contributed by atoms with Gasteiger partial charge in [0.15, 0.2) is 0 Å². The van der Waals surface area contributed by atoms with Crippen LogP contribution in [0.4, 0.5) is 0 Å². The maximum absolute atomic E-state index is 10.8. The molecule has 0 fully saturated rings. The molecule has 0 saturated heterocycles. The number of hydrogen-bond donors (Lipinski definition) is 3. The van der Waals surface area contributed by atoms with Crippen molar-refractivity contribution >= 4 is 5.97 Å². The van der Waals surface area contributed by atoms with Crippen LogP contribution in [0, 0.1) is 0 Å². The van der Waals surface area contributed by atoms with Crippen LogP contribution in [-0.4, -0.2) is 41.5 Å². The zero-order chi connectivity index (χ0) is 16.5. The molecule has 0 heterocycles. The van der Waals surface area contributed by atoms with Gasteiger partial charge in [-0.2, -0.15) is 0 Å². The molecule has 1 rings (SSSR count). The number of aliphatic carboxylic acids is 1. The second-order valence-corrected chi connectivity index (χ2v) is 5.80. The van der Waals surface area contributed by atoms with E-state index < -0.39 is 12.1 Å². The van der Waals surface area contributed by atoms with Gasteiger partial charge in [0, 0.05) is 12.6 Å². The summed E-state index contributed by atoms with van der Waals surface area (Å²) in [7, 11) is 0. The van der Waals surface area contributed by atoms with Crippen molar-refractivity contribution in [2.75, 3.05) is 13.2 Å². The van der Waals surface area contributed by atoms with E-state index in [2.05, 4.69) is 5.32 Å². The smallest absolute Gasteiger partial charge is 0.303 e. The van der Waals surface area contributed by atoms with Crippen molar-refractivity contribution in [1.82, 2.24) is 5.32 Å². The molecule has 3 N–H and O–H groups in total. The molecule has 0 bridgehead atoms. The SMILES string of the molecule is CCC(CC(=O)O)c1ccc(OCC(O)CNC(C)C)cc1. The Morgan fingerprint density at radius 2 is 1.91 bits per heavy atom. The van der Waals surface area contributed by atoms with Crippen molar-refractivity contribution < 1.29 is 19.7 Å². The highest BCUT2D eigenvalue weighted by molar-refractivity contribution is 5.68. The number of carboxylic acid groups (broad SMARTS) is 1. The minimum absolute atomic E-state index is 0.0207. The Balaban J connectivity index is 2.49. The maximum Gasteiger partial charge on any atom is 0.303 e. The summed E-state index contributed by atoms with van der Waals surface area (Å²) in [5.41, 5.74) is 0.999. The van der Waals surface area contributed by atoms with Gasteiger partial charge in [0.2, 0.25) is 0 Å². The molecule has 0 aliphatic rings. The van der Waals surface area contributed by atoms with E-state index in [1.54, 1.807) is 0 Å². The first kappa shape index (κ1) is 18.5. The number of aliphatic hydroxyl groups excluding tert-OH is 1. The number of carboxylic acids is 1. The highest BCUT2D eigenvalue weighted by atomic mass is 16.5. The predicted molar refractivity (Wildman–Crippen MR) is 86.4 cm³/mol. The van der Waals surface area contributed by atoms with Crippen LogP contribution in [0.15, 0.2) is 24.3 Å². The summed E-state index contributed by atoms with van der Waals surface area (Å²) in [5, 5.41) is 21.8. The van der Waals surface area contributed by atoms with E-state index >= 15 is 0 Å². The summed E-state index contributed by atoms with van der Waals surface area (Å²) in [6.45, 7) is 6.74. The fourth-order valence-electron chi connectivity index (χ4n) is 2.17. The van der Waals surface area contributed by atoms with Crippen LogP contribution < -0.4 is 10.1 Å². The average Bonchev–Trinajstić information content (AvgIpc) is 2.49. The summed E-state index contributed by atoms with van der Waals surface area (Å²) in [6, 6.07) is 7.76. The van der Waals surface area contributed by atoms with Crippen molar-refractivity contribution in [2.24, 2.45) is 0 Å². The fraction of sp³-hybridized carbons (Fsp3) is 0.588. The van der Waals surface area contributed by atoms with E-state index in [9.17, 15) is 9.90 Å². The zero-order valence-corrected chi connectivity index (χ0v) is 13.6. The van der Waals surface area contributed by atoms with Gasteiger partial charge in [-0.1, -0.05) is 32.9 Å². The van der Waals surface area contributed by atoms with Gasteiger partial charge in [0.1, 0.15) is 18.5 Å². The Morgan fingerprint density at radius 3 is 2.41 bits per heavy atom. The summed E-state index contributed by atoms with van der Waals surface area (Å²) in [4.78, 5) is 10.8. The topological polar surface area (TPSA) is 78.8 Å². The van der Waals surface area contributed by atoms with Crippen LogP contribution in [-0.2, 0) is 4.79 Å². The number of carbonyl (C=O) groups is 1. The molecule has 2 unspecified atom stereocenters. The van der Waals surface area contributed by atoms with E-state index in [0.29, 0.717) is 18.3 Å². The van der Waals surface area contributed by atoms with Crippen molar-refractivity contribution in [2.45, 2.75) is 51.7 Å². The first-order valence-corrected chi connectivity index (χ1v) is 7.78. The lowest BCUT2D eigenvalue weighted by Crippen LogP contribution is -2.35. The number of aliphatic hydroxyl groups is 1. The van der Waals surface area contributed by atoms with Gasteiger partial charge < -0.3 is 20.3 Å². The first-order chi connectivity index (χ1) is 10.4. The number of nitrogens with one attached hydrogen (secondary N) is 1. The molecule has 0 aliphatic heterocycles. The summed E-state index contributed by atoms with van der Waals surface area (Å²) in [6.07, 6.45) is 0.361. The third kappa shape index (κ3) is 6.91. The highest BCUT2D eigenvalue weighted by Crippen LogP contribution is 2.25. The fourth-order valence-corrected chi connectivity index (χ4v) is 2.17. The largest absolute Gasteiger partial charge is 0.491 e. The summed E-state index contributed by atoms with van der Waals surface area (Å²) >= 11 is 0. The number of rotatable bonds is 10. The van der Waals surface area contributed by atoms with Crippen molar-refractivity contribution in [3.05, 3.63) is 29.8 Å². The van der Waals surface area contributed by atoms with Crippen LogP contribution in [0.5, 0.6) is 5.75 Å². The van der Waals surface area contributed by atoms with Crippen LogP contribution >= 0.6 is 0 Å². The number of ether oxygens (including phenoxy) is 1. The lowest BCUT2D eigenvalue weighted by molar-refractivity contribution is -0.137. The Bertz CT molecular complexity index is 444. The number of benzene rings is 1. The lowest BCUT2D eigenvalue weighted by atomic mass is 9.93. The van der Waals surface area contributed by atoms with Crippen molar-refractivity contribution in [3.63, 3.8) is 0 Å². The monoisotopic (exact) mass is 309 g/mol. The molecule has 5 heteroatoms. The molecule has 2 atom stereocenters. The van der Waals surface area contributed by atoms with Gasteiger partial charge in [0.25, 0.3) is 0 Å². The maximum atomic E-state index is 10.8. The first-order valence-electron chi connectivity index (χ1n) is 7.78. The molecule has 0 spiro atoms.